The van der Waals surface area contributed by atoms with E-state index in [1.165, 1.54) is 22.7 Å². The molecule has 1 amide bonds. The lowest BCUT2D eigenvalue weighted by molar-refractivity contribution is 0.0992. The third-order valence-corrected chi connectivity index (χ3v) is 5.75. The van der Waals surface area contributed by atoms with Gasteiger partial charge in [-0.2, -0.15) is 0 Å². The zero-order valence-electron chi connectivity index (χ0n) is 13.6. The number of aromatic nitrogens is 1. The van der Waals surface area contributed by atoms with Crippen LogP contribution in [0.5, 0.6) is 0 Å². The van der Waals surface area contributed by atoms with E-state index in [-0.39, 0.29) is 18.3 Å². The summed E-state index contributed by atoms with van der Waals surface area (Å²) in [5, 5.41) is 6.05. The van der Waals surface area contributed by atoms with E-state index in [1.54, 1.807) is 7.11 Å². The highest BCUT2D eigenvalue weighted by Gasteiger charge is 2.21. The lowest BCUT2D eigenvalue weighted by Crippen LogP contribution is -2.13. The summed E-state index contributed by atoms with van der Waals surface area (Å²) in [6.45, 7) is 0.288. The van der Waals surface area contributed by atoms with Crippen LogP contribution in [-0.2, 0) is 11.3 Å². The lowest BCUT2D eigenvalue weighted by atomic mass is 10.1. The highest BCUT2D eigenvalue weighted by atomic mass is 35.5. The molecule has 5 nitrogen and oxygen atoms in total. The number of thiophene rings is 1. The van der Waals surface area contributed by atoms with Crippen LogP contribution in [0.2, 0.25) is 4.34 Å². The summed E-state index contributed by atoms with van der Waals surface area (Å²) in [6.07, 6.45) is 0. The predicted octanol–water partition coefficient (Wildman–Crippen LogP) is 5.67. The summed E-state index contributed by atoms with van der Waals surface area (Å²) in [5.74, 6) is -0.109. The first-order chi connectivity index (χ1) is 12.7. The molecule has 3 aromatic heterocycles. The van der Waals surface area contributed by atoms with Gasteiger partial charge in [-0.25, -0.2) is 4.98 Å². The molecule has 26 heavy (non-hydrogen) atoms. The van der Waals surface area contributed by atoms with Gasteiger partial charge in [0, 0.05) is 23.4 Å². The Labute approximate surface area is 162 Å². The summed E-state index contributed by atoms with van der Waals surface area (Å²) in [4.78, 5) is 18.1. The maximum atomic E-state index is 12.7. The van der Waals surface area contributed by atoms with Gasteiger partial charge in [-0.3, -0.25) is 10.1 Å². The average Bonchev–Trinajstić information content (AvgIpc) is 3.34. The maximum absolute atomic E-state index is 12.7. The van der Waals surface area contributed by atoms with E-state index >= 15 is 0 Å². The first-order valence-corrected chi connectivity index (χ1v) is 9.75. The molecule has 3 heterocycles. The molecule has 0 aliphatic heterocycles. The molecule has 1 N–H and O–H groups in total. The number of furan rings is 1. The summed E-state index contributed by atoms with van der Waals surface area (Å²) < 4.78 is 11.7. The second-order valence-electron chi connectivity index (χ2n) is 5.43. The first-order valence-electron chi connectivity index (χ1n) is 7.67. The van der Waals surface area contributed by atoms with Crippen molar-refractivity contribution in [2.75, 3.05) is 12.4 Å². The molecule has 0 radical (unpaired) electrons. The fourth-order valence-corrected chi connectivity index (χ4v) is 4.40. The van der Waals surface area contributed by atoms with Gasteiger partial charge in [0.15, 0.2) is 10.9 Å². The maximum Gasteiger partial charge on any atom is 0.293 e. The number of fused-ring (bicyclic) bond motifs is 1. The molecule has 0 aliphatic carbocycles. The number of rotatable bonds is 5. The van der Waals surface area contributed by atoms with Crippen molar-refractivity contribution in [3.63, 3.8) is 0 Å². The van der Waals surface area contributed by atoms with Crippen LogP contribution in [-0.4, -0.2) is 18.0 Å². The molecule has 132 valence electrons. The number of anilines is 1. The largest absolute Gasteiger partial charge is 0.451 e. The number of hydrogen-bond donors (Lipinski definition) is 1. The molecular weight excluding hydrogens is 392 g/mol. The summed E-state index contributed by atoms with van der Waals surface area (Å²) in [7, 11) is 1.59. The van der Waals surface area contributed by atoms with E-state index in [9.17, 15) is 4.79 Å². The topological polar surface area (TPSA) is 64.4 Å². The summed E-state index contributed by atoms with van der Waals surface area (Å²) in [5.41, 5.74) is 2.16. The van der Waals surface area contributed by atoms with Crippen molar-refractivity contribution in [1.82, 2.24) is 4.98 Å². The molecule has 4 rings (SSSR count). The minimum atomic E-state index is -0.349. The summed E-state index contributed by atoms with van der Waals surface area (Å²) in [6, 6.07) is 11.2. The number of carbonyl (C=O) groups excluding carboxylic acids is 1. The monoisotopic (exact) mass is 404 g/mol. The Hall–Kier alpha value is -2.19. The van der Waals surface area contributed by atoms with Gasteiger partial charge in [0.05, 0.1) is 21.5 Å². The quantitative estimate of drug-likeness (QED) is 0.465. The van der Waals surface area contributed by atoms with Crippen molar-refractivity contribution in [3.8, 4) is 10.6 Å². The number of ether oxygens (including phenoxy) is 1. The Bertz CT molecular complexity index is 1080. The first kappa shape index (κ1) is 17.2. The highest BCUT2D eigenvalue weighted by molar-refractivity contribution is 7.20. The number of para-hydroxylation sites is 1. The molecular formula is C18H13ClN2O3S2. The van der Waals surface area contributed by atoms with Gasteiger partial charge in [-0.15, -0.1) is 22.7 Å². The van der Waals surface area contributed by atoms with Crippen LogP contribution in [0.15, 0.2) is 46.2 Å². The van der Waals surface area contributed by atoms with Gasteiger partial charge in [-0.05, 0) is 18.2 Å². The van der Waals surface area contributed by atoms with Gasteiger partial charge in [0.1, 0.15) is 5.58 Å². The lowest BCUT2D eigenvalue weighted by Gasteiger charge is -2.02. The van der Waals surface area contributed by atoms with E-state index in [2.05, 4.69) is 10.3 Å². The van der Waals surface area contributed by atoms with Crippen molar-refractivity contribution in [2.45, 2.75) is 6.61 Å². The van der Waals surface area contributed by atoms with E-state index in [0.717, 1.165) is 21.5 Å². The number of nitrogens with one attached hydrogen (secondary N) is 1. The van der Waals surface area contributed by atoms with Crippen LogP contribution >= 0.6 is 34.3 Å². The molecule has 4 aromatic rings. The van der Waals surface area contributed by atoms with Crippen LogP contribution in [0.1, 0.15) is 16.1 Å². The number of hydrogen-bond acceptors (Lipinski definition) is 6. The van der Waals surface area contributed by atoms with Crippen LogP contribution in [0.25, 0.3) is 21.5 Å². The standard InChI is InChI=1S/C18H13ClN2O3S2/c1-23-8-11-10-4-2-3-5-13(10)24-16(11)17(22)21-18-20-12(9-25-18)14-6-7-15(19)26-14/h2-7,9H,8H2,1H3,(H,20,21,22). The van der Waals surface area contributed by atoms with Crippen molar-refractivity contribution < 1.29 is 13.9 Å². The molecule has 1 aromatic carbocycles. The van der Waals surface area contributed by atoms with Crippen molar-refractivity contribution in [2.24, 2.45) is 0 Å². The van der Waals surface area contributed by atoms with Gasteiger partial charge in [0.2, 0.25) is 0 Å². The van der Waals surface area contributed by atoms with Crippen LogP contribution in [0.3, 0.4) is 0 Å². The fraction of sp³-hybridized carbons (Fsp3) is 0.111. The molecule has 0 atom stereocenters. The number of amides is 1. The van der Waals surface area contributed by atoms with Crippen LogP contribution in [0.4, 0.5) is 5.13 Å². The Kier molecular flexibility index (Phi) is 4.78. The third-order valence-electron chi connectivity index (χ3n) is 3.74. The second kappa shape index (κ2) is 7.20. The number of thiazole rings is 1. The normalized spacial score (nSPS) is 11.2. The molecule has 8 heteroatoms. The van der Waals surface area contributed by atoms with E-state index in [1.807, 2.05) is 41.8 Å². The number of methoxy groups -OCH3 is 1. The minimum Gasteiger partial charge on any atom is -0.451 e. The number of nitrogens with zero attached hydrogens (tertiary/aromatic N) is 1. The molecule has 0 saturated heterocycles. The van der Waals surface area contributed by atoms with E-state index in [4.69, 9.17) is 20.8 Å². The van der Waals surface area contributed by atoms with Gasteiger partial charge in [0.25, 0.3) is 5.91 Å². The smallest absolute Gasteiger partial charge is 0.293 e. The van der Waals surface area contributed by atoms with Crippen LogP contribution < -0.4 is 5.32 Å². The molecule has 0 aliphatic rings. The molecule has 0 spiro atoms. The SMILES string of the molecule is COCc1c(C(=O)Nc2nc(-c3ccc(Cl)s3)cs2)oc2ccccc12. The molecule has 0 unspecified atom stereocenters. The number of halogens is 1. The van der Waals surface area contributed by atoms with E-state index < -0.39 is 0 Å². The second-order valence-corrected chi connectivity index (χ2v) is 8.01. The van der Waals surface area contributed by atoms with Crippen molar-refractivity contribution in [3.05, 3.63) is 57.4 Å². The molecule has 0 fully saturated rings. The minimum absolute atomic E-state index is 0.240. The Balaban J connectivity index is 1.62. The Morgan fingerprint density at radius 1 is 1.31 bits per heavy atom. The molecule has 0 saturated carbocycles. The number of benzene rings is 1. The number of carbonyl (C=O) groups is 1. The van der Waals surface area contributed by atoms with Crippen LogP contribution in [0, 0.1) is 0 Å². The van der Waals surface area contributed by atoms with E-state index in [0.29, 0.717) is 15.1 Å². The zero-order valence-corrected chi connectivity index (χ0v) is 16.0. The van der Waals surface area contributed by atoms with Gasteiger partial charge >= 0.3 is 0 Å². The molecule has 0 bridgehead atoms. The van der Waals surface area contributed by atoms with Gasteiger partial charge < -0.3 is 9.15 Å². The zero-order chi connectivity index (χ0) is 18.1. The highest BCUT2D eigenvalue weighted by Crippen LogP contribution is 2.33. The van der Waals surface area contributed by atoms with Gasteiger partial charge in [-0.1, -0.05) is 29.8 Å². The Morgan fingerprint density at radius 3 is 2.92 bits per heavy atom. The summed E-state index contributed by atoms with van der Waals surface area (Å²) >= 11 is 8.76. The predicted molar refractivity (Wildman–Crippen MR) is 105 cm³/mol. The van der Waals surface area contributed by atoms with Crippen molar-refractivity contribution in [1.29, 1.82) is 0 Å². The average molecular weight is 405 g/mol. The fourth-order valence-electron chi connectivity index (χ4n) is 2.62. The Morgan fingerprint density at radius 2 is 2.15 bits per heavy atom. The van der Waals surface area contributed by atoms with Crippen molar-refractivity contribution >= 4 is 56.3 Å². The third kappa shape index (κ3) is 3.26.